The second-order valence-corrected chi connectivity index (χ2v) is 6.74. The summed E-state index contributed by atoms with van der Waals surface area (Å²) in [6.07, 6.45) is 3.76. The summed E-state index contributed by atoms with van der Waals surface area (Å²) in [5, 5.41) is 5.72. The zero-order chi connectivity index (χ0) is 20.6. The van der Waals surface area contributed by atoms with Crippen molar-refractivity contribution in [2.24, 2.45) is 0 Å². The van der Waals surface area contributed by atoms with Crippen LogP contribution in [0, 0.1) is 6.92 Å². The van der Waals surface area contributed by atoms with Crippen LogP contribution in [0.1, 0.15) is 46.6 Å². The first kappa shape index (κ1) is 20.1. The van der Waals surface area contributed by atoms with E-state index in [0.29, 0.717) is 11.3 Å². The second-order valence-electron chi connectivity index (χ2n) is 6.74. The number of amides is 2. The average Bonchev–Trinajstić information content (AvgIpc) is 3.26. The third kappa shape index (κ3) is 5.45. The molecule has 5 heteroatoms. The molecule has 0 aliphatic carbocycles. The number of aryl methyl sites for hydroxylation is 1. The SMILES string of the molecule is CCC(NC(=O)/C(=C/c1ccco1)NC(=O)c1ccccc1)c1ccc(C)cc1. The standard InChI is InChI=1S/C24H24N2O3/c1-3-21(18-13-11-17(2)12-14-18)25-24(28)22(16-20-10-7-15-29-20)26-23(27)19-8-5-4-6-9-19/h4-16,21H,3H2,1-2H3,(H,25,28)(H,26,27)/b22-16-. The molecule has 3 aromatic rings. The molecular formula is C24H24N2O3. The molecule has 0 bridgehead atoms. The minimum absolute atomic E-state index is 0.124. The van der Waals surface area contributed by atoms with Crippen molar-refractivity contribution < 1.29 is 14.0 Å². The van der Waals surface area contributed by atoms with Crippen LogP contribution < -0.4 is 10.6 Å². The summed E-state index contributed by atoms with van der Waals surface area (Å²) in [6, 6.07) is 20.1. The van der Waals surface area contributed by atoms with Gasteiger partial charge in [-0.3, -0.25) is 9.59 Å². The predicted octanol–water partition coefficient (Wildman–Crippen LogP) is 4.63. The zero-order valence-electron chi connectivity index (χ0n) is 16.5. The van der Waals surface area contributed by atoms with Crippen molar-refractivity contribution in [2.45, 2.75) is 26.3 Å². The van der Waals surface area contributed by atoms with E-state index in [1.54, 1.807) is 36.4 Å². The molecule has 5 nitrogen and oxygen atoms in total. The minimum Gasteiger partial charge on any atom is -0.465 e. The maximum Gasteiger partial charge on any atom is 0.268 e. The van der Waals surface area contributed by atoms with Crippen molar-refractivity contribution in [3.63, 3.8) is 0 Å². The molecular weight excluding hydrogens is 364 g/mol. The van der Waals surface area contributed by atoms with Crippen LogP contribution >= 0.6 is 0 Å². The monoisotopic (exact) mass is 388 g/mol. The molecule has 1 aromatic heterocycles. The number of hydrogen-bond donors (Lipinski definition) is 2. The third-order valence-electron chi connectivity index (χ3n) is 4.55. The van der Waals surface area contributed by atoms with Crippen molar-refractivity contribution >= 4 is 17.9 Å². The van der Waals surface area contributed by atoms with E-state index in [2.05, 4.69) is 10.6 Å². The Balaban J connectivity index is 1.82. The molecule has 0 radical (unpaired) electrons. The number of rotatable bonds is 7. The van der Waals surface area contributed by atoms with E-state index in [-0.39, 0.29) is 23.6 Å². The fourth-order valence-electron chi connectivity index (χ4n) is 2.91. The van der Waals surface area contributed by atoms with Gasteiger partial charge >= 0.3 is 0 Å². The second kappa shape index (κ2) is 9.55. The van der Waals surface area contributed by atoms with Crippen LogP contribution in [0.4, 0.5) is 0 Å². The highest BCUT2D eigenvalue weighted by molar-refractivity contribution is 6.05. The summed E-state index contributed by atoms with van der Waals surface area (Å²) in [4.78, 5) is 25.6. The van der Waals surface area contributed by atoms with Crippen LogP contribution in [0.2, 0.25) is 0 Å². The van der Waals surface area contributed by atoms with Gasteiger partial charge in [-0.2, -0.15) is 0 Å². The van der Waals surface area contributed by atoms with Gasteiger partial charge in [-0.05, 0) is 43.2 Å². The molecule has 0 saturated carbocycles. The summed E-state index contributed by atoms with van der Waals surface area (Å²) >= 11 is 0. The van der Waals surface area contributed by atoms with Gasteiger partial charge in [-0.1, -0.05) is 55.0 Å². The highest BCUT2D eigenvalue weighted by atomic mass is 16.3. The lowest BCUT2D eigenvalue weighted by atomic mass is 10.0. The van der Waals surface area contributed by atoms with Crippen molar-refractivity contribution in [1.82, 2.24) is 10.6 Å². The number of carbonyl (C=O) groups is 2. The first-order valence-corrected chi connectivity index (χ1v) is 9.56. The molecule has 3 rings (SSSR count). The highest BCUT2D eigenvalue weighted by Crippen LogP contribution is 2.18. The van der Waals surface area contributed by atoms with Gasteiger partial charge in [0.05, 0.1) is 12.3 Å². The number of nitrogens with one attached hydrogen (secondary N) is 2. The number of furan rings is 1. The first-order chi connectivity index (χ1) is 14.1. The summed E-state index contributed by atoms with van der Waals surface area (Å²) in [5.74, 6) is -0.257. The van der Waals surface area contributed by atoms with Gasteiger partial charge in [0.15, 0.2) is 0 Å². The van der Waals surface area contributed by atoms with E-state index in [1.807, 2.05) is 44.2 Å². The Hall–Kier alpha value is -3.60. The molecule has 148 valence electrons. The van der Waals surface area contributed by atoms with Gasteiger partial charge in [0, 0.05) is 11.6 Å². The molecule has 1 unspecified atom stereocenters. The van der Waals surface area contributed by atoms with Crippen molar-refractivity contribution in [3.8, 4) is 0 Å². The Morgan fingerprint density at radius 3 is 2.34 bits per heavy atom. The first-order valence-electron chi connectivity index (χ1n) is 9.56. The van der Waals surface area contributed by atoms with Gasteiger partial charge in [0.1, 0.15) is 11.5 Å². The summed E-state index contributed by atoms with van der Waals surface area (Å²) in [5.41, 5.74) is 2.76. The van der Waals surface area contributed by atoms with Gasteiger partial charge in [-0.25, -0.2) is 0 Å². The lowest BCUT2D eigenvalue weighted by molar-refractivity contribution is -0.118. The molecule has 2 amide bonds. The van der Waals surface area contributed by atoms with Gasteiger partial charge in [0.2, 0.25) is 0 Å². The largest absolute Gasteiger partial charge is 0.465 e. The quantitative estimate of drug-likeness (QED) is 0.580. The molecule has 0 fully saturated rings. The molecule has 29 heavy (non-hydrogen) atoms. The van der Waals surface area contributed by atoms with Crippen LogP contribution in [0.15, 0.2) is 83.1 Å². The van der Waals surface area contributed by atoms with Crippen LogP contribution in [0.3, 0.4) is 0 Å². The normalized spacial score (nSPS) is 12.3. The summed E-state index contributed by atoms with van der Waals surface area (Å²) in [6.45, 7) is 4.02. The van der Waals surface area contributed by atoms with Crippen molar-refractivity contribution in [3.05, 3.63) is 101 Å². The number of carbonyl (C=O) groups excluding carboxylic acids is 2. The fraction of sp³-hybridized carbons (Fsp3) is 0.167. The molecule has 2 N–H and O–H groups in total. The Bertz CT molecular complexity index is 975. The highest BCUT2D eigenvalue weighted by Gasteiger charge is 2.19. The smallest absolute Gasteiger partial charge is 0.268 e. The minimum atomic E-state index is -0.377. The maximum atomic E-state index is 13.0. The van der Waals surface area contributed by atoms with Gasteiger partial charge in [-0.15, -0.1) is 0 Å². The lowest BCUT2D eigenvalue weighted by Crippen LogP contribution is -2.36. The lowest BCUT2D eigenvalue weighted by Gasteiger charge is -2.19. The van der Waals surface area contributed by atoms with Crippen LogP contribution in [-0.2, 0) is 4.79 Å². The predicted molar refractivity (Wildman–Crippen MR) is 113 cm³/mol. The molecule has 1 atom stereocenters. The molecule has 2 aromatic carbocycles. The maximum absolute atomic E-state index is 13.0. The number of benzene rings is 2. The topological polar surface area (TPSA) is 71.3 Å². The molecule has 0 saturated heterocycles. The van der Waals surface area contributed by atoms with E-state index >= 15 is 0 Å². The number of hydrogen-bond acceptors (Lipinski definition) is 3. The zero-order valence-corrected chi connectivity index (χ0v) is 16.5. The Labute approximate surface area is 170 Å². The van der Waals surface area contributed by atoms with E-state index in [4.69, 9.17) is 4.42 Å². The Morgan fingerprint density at radius 2 is 1.72 bits per heavy atom. The molecule has 1 heterocycles. The average molecular weight is 388 g/mol. The van der Waals surface area contributed by atoms with Crippen LogP contribution in [0.5, 0.6) is 0 Å². The summed E-state index contributed by atoms with van der Waals surface area (Å²) < 4.78 is 5.32. The Morgan fingerprint density at radius 1 is 1.00 bits per heavy atom. The third-order valence-corrected chi connectivity index (χ3v) is 4.55. The van der Waals surface area contributed by atoms with E-state index in [1.165, 1.54) is 12.3 Å². The van der Waals surface area contributed by atoms with E-state index in [0.717, 1.165) is 17.5 Å². The Kier molecular flexibility index (Phi) is 6.63. The van der Waals surface area contributed by atoms with E-state index < -0.39 is 0 Å². The summed E-state index contributed by atoms with van der Waals surface area (Å²) in [7, 11) is 0. The van der Waals surface area contributed by atoms with Crippen molar-refractivity contribution in [2.75, 3.05) is 0 Å². The molecule has 0 spiro atoms. The fourth-order valence-corrected chi connectivity index (χ4v) is 2.91. The van der Waals surface area contributed by atoms with Gasteiger partial charge in [0.25, 0.3) is 11.8 Å². The molecule has 0 aliphatic rings. The van der Waals surface area contributed by atoms with Crippen LogP contribution in [0.25, 0.3) is 6.08 Å². The van der Waals surface area contributed by atoms with Crippen molar-refractivity contribution in [1.29, 1.82) is 0 Å². The molecule has 0 aliphatic heterocycles. The van der Waals surface area contributed by atoms with Crippen LogP contribution in [-0.4, -0.2) is 11.8 Å². The van der Waals surface area contributed by atoms with E-state index in [9.17, 15) is 9.59 Å². The van der Waals surface area contributed by atoms with Gasteiger partial charge < -0.3 is 15.1 Å².